The van der Waals surface area contributed by atoms with Crippen molar-refractivity contribution in [2.24, 2.45) is 5.41 Å². The fourth-order valence-corrected chi connectivity index (χ4v) is 6.16. The van der Waals surface area contributed by atoms with Gasteiger partial charge in [0, 0.05) is 40.5 Å². The molecule has 2 fully saturated rings. The first kappa shape index (κ1) is 27.1. The number of aromatic nitrogens is 3. The van der Waals surface area contributed by atoms with Crippen molar-refractivity contribution >= 4 is 61.6 Å². The highest BCUT2D eigenvalue weighted by atomic mass is 79.9. The lowest BCUT2D eigenvalue weighted by Crippen LogP contribution is -2.46. The van der Waals surface area contributed by atoms with Crippen molar-refractivity contribution in [1.29, 1.82) is 0 Å². The van der Waals surface area contributed by atoms with Crippen LogP contribution in [0.4, 0.5) is 21.6 Å². The van der Waals surface area contributed by atoms with Gasteiger partial charge in [-0.15, -0.1) is 0 Å². The minimum atomic E-state index is -0.615. The standard InChI is InChI=1S/C30H28BrFN6O3/c1-16-4-7-26(31)35-28(16)36-29(41)24-10-30(3)11-25(30)38(24)27(40)15-37-14-22(17(2)39)21-9-19(5-6-23(21)37)34-20-8-18(32)12-33-13-20/h4-9,12-14,24-25,34H,10-11,15H2,1-3H3,(H,35,36,41)/t24-,25+,30-/m0/s1. The number of piperidine rings is 1. The van der Waals surface area contributed by atoms with Crippen LogP contribution in [0.25, 0.3) is 10.9 Å². The number of pyridine rings is 2. The molecular formula is C30H28BrFN6O3. The van der Waals surface area contributed by atoms with Gasteiger partial charge in [-0.3, -0.25) is 19.4 Å². The molecule has 2 amide bonds. The maximum atomic E-state index is 13.8. The van der Waals surface area contributed by atoms with E-state index in [1.165, 1.54) is 19.2 Å². The number of rotatable bonds is 7. The molecule has 2 N–H and O–H groups in total. The van der Waals surface area contributed by atoms with Crippen LogP contribution in [-0.4, -0.2) is 49.1 Å². The van der Waals surface area contributed by atoms with Crippen LogP contribution in [0.1, 0.15) is 42.6 Å². The largest absolute Gasteiger partial charge is 0.354 e. The van der Waals surface area contributed by atoms with Gasteiger partial charge >= 0.3 is 0 Å². The highest BCUT2D eigenvalue weighted by Gasteiger charge is 2.64. The van der Waals surface area contributed by atoms with Gasteiger partial charge in [-0.25, -0.2) is 9.37 Å². The highest BCUT2D eigenvalue weighted by molar-refractivity contribution is 9.10. The van der Waals surface area contributed by atoms with E-state index in [0.717, 1.165) is 18.2 Å². The van der Waals surface area contributed by atoms with Crippen molar-refractivity contribution < 1.29 is 18.8 Å². The molecule has 41 heavy (non-hydrogen) atoms. The Kier molecular flexibility index (Phi) is 6.64. The molecule has 11 heteroatoms. The van der Waals surface area contributed by atoms with Gasteiger partial charge in [0.15, 0.2) is 5.78 Å². The van der Waals surface area contributed by atoms with E-state index in [2.05, 4.69) is 43.5 Å². The second-order valence-corrected chi connectivity index (χ2v) is 12.0. The summed E-state index contributed by atoms with van der Waals surface area (Å²) in [6.07, 6.45) is 5.75. The zero-order chi connectivity index (χ0) is 29.1. The van der Waals surface area contributed by atoms with Crippen LogP contribution in [-0.2, 0) is 16.1 Å². The monoisotopic (exact) mass is 618 g/mol. The van der Waals surface area contributed by atoms with Crippen LogP contribution in [0.3, 0.4) is 0 Å². The van der Waals surface area contributed by atoms with Gasteiger partial charge in [-0.1, -0.05) is 13.0 Å². The number of nitrogens with zero attached hydrogens (tertiary/aromatic N) is 4. The predicted octanol–water partition coefficient (Wildman–Crippen LogP) is 5.61. The highest BCUT2D eigenvalue weighted by Crippen LogP contribution is 2.59. The van der Waals surface area contributed by atoms with Crippen LogP contribution in [0.15, 0.2) is 59.6 Å². The van der Waals surface area contributed by atoms with Crippen LogP contribution >= 0.6 is 15.9 Å². The summed E-state index contributed by atoms with van der Waals surface area (Å²) >= 11 is 3.35. The third-order valence-corrected chi connectivity index (χ3v) is 8.53. The van der Waals surface area contributed by atoms with Gasteiger partial charge in [-0.2, -0.15) is 0 Å². The topological polar surface area (TPSA) is 109 Å². The number of hydrogen-bond donors (Lipinski definition) is 2. The first-order valence-electron chi connectivity index (χ1n) is 13.3. The minimum Gasteiger partial charge on any atom is -0.354 e. The third-order valence-electron chi connectivity index (χ3n) is 8.09. The lowest BCUT2D eigenvalue weighted by atomic mass is 10.0. The van der Waals surface area contributed by atoms with Gasteiger partial charge in [0.05, 0.1) is 18.1 Å². The maximum Gasteiger partial charge on any atom is 0.248 e. The lowest BCUT2D eigenvalue weighted by Gasteiger charge is -2.27. The molecule has 0 bridgehead atoms. The smallest absolute Gasteiger partial charge is 0.248 e. The second-order valence-electron chi connectivity index (χ2n) is 11.2. The summed E-state index contributed by atoms with van der Waals surface area (Å²) in [4.78, 5) is 49.7. The number of likely N-dealkylation sites (tertiary alicyclic amines) is 1. The molecule has 3 aromatic heterocycles. The predicted molar refractivity (Wildman–Crippen MR) is 156 cm³/mol. The molecule has 2 aliphatic rings. The molecule has 1 aliphatic heterocycles. The van der Waals surface area contributed by atoms with Crippen molar-refractivity contribution in [1.82, 2.24) is 19.4 Å². The molecule has 1 saturated heterocycles. The summed E-state index contributed by atoms with van der Waals surface area (Å²) in [5.74, 6) is -0.590. The molecule has 210 valence electrons. The zero-order valence-corrected chi connectivity index (χ0v) is 24.3. The van der Waals surface area contributed by atoms with E-state index in [1.807, 2.05) is 19.1 Å². The van der Waals surface area contributed by atoms with E-state index in [0.29, 0.717) is 44.7 Å². The molecule has 1 aromatic carbocycles. The van der Waals surface area contributed by atoms with Crippen molar-refractivity contribution in [3.05, 3.63) is 76.5 Å². The Morgan fingerprint density at radius 1 is 1.12 bits per heavy atom. The summed E-state index contributed by atoms with van der Waals surface area (Å²) in [5.41, 5.74) is 3.04. The SMILES string of the molecule is CC(=O)c1cn(CC(=O)N2[C@H](C(=O)Nc3nc(Br)ccc3C)C[C@@]3(C)C[C@@H]23)c2ccc(Nc3cncc(F)c3)cc12. The summed E-state index contributed by atoms with van der Waals surface area (Å²) in [5, 5.41) is 6.70. The first-order valence-corrected chi connectivity index (χ1v) is 14.1. The Morgan fingerprint density at radius 3 is 2.68 bits per heavy atom. The summed E-state index contributed by atoms with van der Waals surface area (Å²) in [7, 11) is 0. The molecule has 0 unspecified atom stereocenters. The number of carbonyl (C=O) groups is 3. The van der Waals surface area contributed by atoms with Crippen LogP contribution < -0.4 is 10.6 Å². The Labute approximate surface area is 244 Å². The molecule has 1 aliphatic carbocycles. The summed E-state index contributed by atoms with van der Waals surface area (Å²) in [6.45, 7) is 5.43. The molecule has 4 aromatic rings. The normalized spacial score (nSPS) is 21.0. The number of nitrogens with one attached hydrogen (secondary N) is 2. The van der Waals surface area contributed by atoms with E-state index >= 15 is 0 Å². The molecule has 3 atom stereocenters. The number of aryl methyl sites for hydroxylation is 1. The van der Waals surface area contributed by atoms with Gasteiger partial charge < -0.3 is 20.1 Å². The average molecular weight is 619 g/mol. The summed E-state index contributed by atoms with van der Waals surface area (Å²) < 4.78 is 16.0. The number of halogens is 2. The lowest BCUT2D eigenvalue weighted by molar-refractivity contribution is -0.138. The van der Waals surface area contributed by atoms with Crippen molar-refractivity contribution in [2.45, 2.75) is 52.2 Å². The Morgan fingerprint density at radius 2 is 1.93 bits per heavy atom. The van der Waals surface area contributed by atoms with Crippen LogP contribution in [0.5, 0.6) is 0 Å². The Hall–Kier alpha value is -4.12. The maximum absolute atomic E-state index is 13.8. The fraction of sp³-hybridized carbons (Fsp3) is 0.300. The van der Waals surface area contributed by atoms with Gasteiger partial charge in [-0.05, 0) is 77.9 Å². The number of hydrogen-bond acceptors (Lipinski definition) is 6. The number of fused-ring (bicyclic) bond motifs is 2. The molecular weight excluding hydrogens is 591 g/mol. The van der Waals surface area contributed by atoms with Crippen LogP contribution in [0.2, 0.25) is 0 Å². The minimum absolute atomic E-state index is 0.00732. The van der Waals surface area contributed by atoms with E-state index in [9.17, 15) is 18.8 Å². The van der Waals surface area contributed by atoms with E-state index < -0.39 is 11.9 Å². The van der Waals surface area contributed by atoms with E-state index in [4.69, 9.17) is 0 Å². The number of Topliss-reactive ketones (excluding diaryl/α,β-unsaturated/α-hetero) is 1. The number of amides is 2. The second kappa shape index (κ2) is 10.1. The first-order chi connectivity index (χ1) is 19.5. The van der Waals surface area contributed by atoms with Crippen molar-refractivity contribution in [3.8, 4) is 0 Å². The number of benzene rings is 1. The van der Waals surface area contributed by atoms with Crippen molar-refractivity contribution in [3.63, 3.8) is 0 Å². The molecule has 6 rings (SSSR count). The molecule has 1 saturated carbocycles. The van der Waals surface area contributed by atoms with E-state index in [-0.39, 0.29) is 35.6 Å². The van der Waals surface area contributed by atoms with Gasteiger partial charge in [0.1, 0.15) is 28.8 Å². The summed E-state index contributed by atoms with van der Waals surface area (Å²) in [6, 6.07) is 9.80. The van der Waals surface area contributed by atoms with Crippen molar-refractivity contribution in [2.75, 3.05) is 10.6 Å². The third kappa shape index (κ3) is 5.10. The Balaban J connectivity index is 1.26. The zero-order valence-electron chi connectivity index (χ0n) is 22.7. The quantitative estimate of drug-likeness (QED) is 0.206. The molecule has 9 nitrogen and oxygen atoms in total. The fourth-order valence-electron chi connectivity index (χ4n) is 5.85. The Bertz CT molecular complexity index is 1740. The van der Waals surface area contributed by atoms with Crippen LogP contribution in [0, 0.1) is 18.2 Å². The van der Waals surface area contributed by atoms with Gasteiger partial charge in [0.25, 0.3) is 0 Å². The molecule has 0 spiro atoms. The molecule has 0 radical (unpaired) electrons. The number of ketones is 1. The van der Waals surface area contributed by atoms with E-state index in [1.54, 1.807) is 33.9 Å². The van der Waals surface area contributed by atoms with Gasteiger partial charge in [0.2, 0.25) is 11.8 Å². The number of carbonyl (C=O) groups excluding carboxylic acids is 3. The molecule has 4 heterocycles. The number of anilines is 3. The average Bonchev–Trinajstić information content (AvgIpc) is 3.28.